The zero-order valence-corrected chi connectivity index (χ0v) is 55.9. The number of carbonyl (C=O) groups is 2. The van der Waals surface area contributed by atoms with Crippen LogP contribution in [0.2, 0.25) is 0 Å². The highest BCUT2D eigenvalue weighted by Gasteiger charge is 2.26. The van der Waals surface area contributed by atoms with Crippen LogP contribution in [0, 0.1) is 11.8 Å². The molecule has 6 aromatic carbocycles. The Morgan fingerprint density at radius 1 is 0.448 bits per heavy atom. The molecule has 13 rings (SSSR count). The fraction of sp³-hybridized carbons (Fsp3) is 0.266. The Bertz CT molecular complexity index is 4560. The molecule has 2 aliphatic heterocycles. The van der Waals surface area contributed by atoms with Crippen LogP contribution in [-0.2, 0) is 35.4 Å². The number of nitrogens with two attached hydrogens (primary N) is 2. The molecule has 16 nitrogen and oxygen atoms in total. The number of anilines is 2. The van der Waals surface area contributed by atoms with Crippen molar-refractivity contribution in [1.82, 2.24) is 19.1 Å². The highest BCUT2D eigenvalue weighted by molar-refractivity contribution is 9.10. The Kier molecular flexibility index (Phi) is 20.8. The number of halogens is 1. The molecule has 10 aromatic rings. The number of rotatable bonds is 21. The van der Waals surface area contributed by atoms with Crippen LogP contribution in [-0.4, -0.2) is 85.5 Å². The van der Waals surface area contributed by atoms with Crippen molar-refractivity contribution in [2.75, 3.05) is 66.3 Å². The number of nitrogen functional groups attached to an aromatic ring is 2. The maximum Gasteiger partial charge on any atom is 0.200 e. The van der Waals surface area contributed by atoms with Gasteiger partial charge in [-0.25, -0.2) is 9.97 Å². The average molecular weight is 1350 g/mol. The lowest BCUT2D eigenvalue weighted by molar-refractivity contribution is 0.0611. The summed E-state index contributed by atoms with van der Waals surface area (Å²) >= 11 is 3.47. The first-order chi connectivity index (χ1) is 46.7. The Balaban J connectivity index is 0.000000184. The van der Waals surface area contributed by atoms with Gasteiger partial charge in [0.05, 0.1) is 39.6 Å². The quantitative estimate of drug-likeness (QED) is 0.0641. The van der Waals surface area contributed by atoms with Crippen LogP contribution in [0.4, 0.5) is 11.6 Å². The van der Waals surface area contributed by atoms with Gasteiger partial charge in [0, 0.05) is 127 Å². The van der Waals surface area contributed by atoms with Crippen molar-refractivity contribution in [1.29, 1.82) is 0 Å². The first-order valence-corrected chi connectivity index (χ1v) is 33.2. The summed E-state index contributed by atoms with van der Waals surface area (Å²) in [6, 6.07) is 46.6. The van der Waals surface area contributed by atoms with Gasteiger partial charge in [-0.15, -0.1) is 0 Å². The number of benzene rings is 6. The van der Waals surface area contributed by atoms with E-state index < -0.39 is 0 Å². The van der Waals surface area contributed by atoms with Crippen LogP contribution in [0.15, 0.2) is 197 Å². The van der Waals surface area contributed by atoms with Crippen LogP contribution in [0.25, 0.3) is 66.8 Å². The molecule has 0 unspecified atom stereocenters. The Labute approximate surface area is 567 Å². The van der Waals surface area contributed by atoms with Crippen LogP contribution < -0.4 is 41.3 Å². The summed E-state index contributed by atoms with van der Waals surface area (Å²) in [4.78, 5) is 64.1. The minimum atomic E-state index is -0.261. The fourth-order valence-electron chi connectivity index (χ4n) is 12.6. The molecule has 2 saturated heterocycles. The zero-order valence-electron chi connectivity index (χ0n) is 54.4. The topological polar surface area (TPSA) is 211 Å². The average Bonchev–Trinajstić information content (AvgIpc) is 0.935. The molecule has 3 fully saturated rings. The number of hydrogen-bond donors (Lipinski definition) is 2. The zero-order chi connectivity index (χ0) is 66.8. The van der Waals surface area contributed by atoms with Gasteiger partial charge < -0.3 is 49.0 Å². The number of nitrogens with zero attached hydrogens (tertiary/aromatic N) is 4. The molecular formula is C79H77BrN6O10. The second-order valence-electron chi connectivity index (χ2n) is 24.8. The third-order valence-electron chi connectivity index (χ3n) is 18.3. The summed E-state index contributed by atoms with van der Waals surface area (Å²) < 4.78 is 37.8. The van der Waals surface area contributed by atoms with E-state index in [9.17, 15) is 19.2 Å². The minimum Gasteiger partial charge on any atom is -0.493 e. The molecule has 4 N–H and O–H groups in total. The van der Waals surface area contributed by atoms with E-state index in [1.807, 2.05) is 155 Å². The fourth-order valence-corrected chi connectivity index (χ4v) is 12.9. The highest BCUT2D eigenvalue weighted by Crippen LogP contribution is 2.41. The van der Waals surface area contributed by atoms with Crippen LogP contribution in [0.1, 0.15) is 81.8 Å². The van der Waals surface area contributed by atoms with Crippen molar-refractivity contribution in [3.8, 4) is 89.8 Å². The molecule has 490 valence electrons. The number of aromatic nitrogens is 4. The molecule has 96 heavy (non-hydrogen) atoms. The molecule has 1 aliphatic carbocycles. The van der Waals surface area contributed by atoms with Gasteiger partial charge in [-0.2, -0.15) is 0 Å². The molecule has 0 radical (unpaired) electrons. The van der Waals surface area contributed by atoms with E-state index in [2.05, 4.69) is 38.0 Å². The maximum atomic E-state index is 13.9. The van der Waals surface area contributed by atoms with Gasteiger partial charge in [0.2, 0.25) is 0 Å². The third-order valence-corrected chi connectivity index (χ3v) is 18.9. The van der Waals surface area contributed by atoms with Gasteiger partial charge >= 0.3 is 0 Å². The number of pyridine rings is 4. The van der Waals surface area contributed by atoms with Gasteiger partial charge in [-0.1, -0.05) is 113 Å². The van der Waals surface area contributed by atoms with E-state index in [1.54, 1.807) is 53.2 Å². The first kappa shape index (κ1) is 66.1. The Morgan fingerprint density at radius 3 is 1.20 bits per heavy atom. The smallest absolute Gasteiger partial charge is 0.200 e. The van der Waals surface area contributed by atoms with Crippen LogP contribution in [0.3, 0.4) is 0 Å². The minimum absolute atomic E-state index is 0.0932. The number of ketones is 2. The summed E-state index contributed by atoms with van der Waals surface area (Å²) in [6.07, 6.45) is 17.2. The molecule has 4 aromatic heterocycles. The normalized spacial score (nSPS) is 14.1. The molecule has 6 heterocycles. The summed E-state index contributed by atoms with van der Waals surface area (Å²) in [5.74, 6) is 4.40. The van der Waals surface area contributed by atoms with Crippen LogP contribution >= 0.6 is 15.9 Å². The number of methoxy groups -OCH3 is 4. The van der Waals surface area contributed by atoms with E-state index in [4.69, 9.17) is 39.9 Å². The third kappa shape index (κ3) is 15.6. The second kappa shape index (κ2) is 30.2. The second-order valence-corrected chi connectivity index (χ2v) is 25.7. The lowest BCUT2D eigenvalue weighted by Gasteiger charge is -2.23. The molecule has 0 bridgehead atoms. The summed E-state index contributed by atoms with van der Waals surface area (Å²) in [7, 11) is 6.41. The van der Waals surface area contributed by atoms with E-state index in [0.29, 0.717) is 63.5 Å². The Morgan fingerprint density at radius 2 is 0.812 bits per heavy atom. The SMILES string of the molecule is COc1ccc(-c2cnc(N)c(-c3ccc(CC(=O)c4cn(CC5CCOCC5)cc(-c5ccc(Br)cc5)c4=O)cc3)c2)cc1OC.COc1ccc(-c2cnc(N)c(-c3ccc(CC(=O)c4cn(CC5CCOCC5)cc(-c5ccc(C6CC6)cc5)c4=O)cc3)c2)cc1OC. The Hall–Kier alpha value is -9.94. The van der Waals surface area contributed by atoms with Gasteiger partial charge in [0.15, 0.2) is 45.4 Å². The van der Waals surface area contributed by atoms with E-state index >= 15 is 0 Å². The molecular weight excluding hydrogens is 1270 g/mol. The van der Waals surface area contributed by atoms with Crippen molar-refractivity contribution in [3.63, 3.8) is 0 Å². The number of carbonyl (C=O) groups excluding carboxylic acids is 2. The van der Waals surface area contributed by atoms with Gasteiger partial charge in [0.25, 0.3) is 0 Å². The standard InChI is InChI=1S/C41H41N3O5.C38H36BrN3O5/c1-47-38-14-13-32(21-39(38)48-2)33-20-34(41(42)43-22-33)30-5-3-26(4-6-30)19-37(45)36-25-44(23-27-15-17-49-18-16-27)24-35(40(36)46)31-11-9-29(10-12-31)28-7-8-28;1-45-35-12-9-28(19-36(35)46-2)29-18-31(38(40)41-20-29)26-5-3-24(4-6-26)17-34(43)33-23-42(21-25-13-15-47-16-14-25)22-32(37(33)44)27-7-10-30(39)11-8-27/h3-6,9-14,20-22,24-25,27-28H,7-8,15-19,23H2,1-2H3,(H2,42,43);3-12,18-20,22-23,25H,13-17,21H2,1-2H3,(H2,40,41). The van der Waals surface area contributed by atoms with Crippen molar-refractivity contribution in [2.45, 2.75) is 70.4 Å². The van der Waals surface area contributed by atoms with Gasteiger partial charge in [0.1, 0.15) is 11.6 Å². The molecule has 0 spiro atoms. The lowest BCUT2D eigenvalue weighted by Crippen LogP contribution is -2.25. The predicted molar refractivity (Wildman–Crippen MR) is 380 cm³/mol. The molecule has 0 atom stereocenters. The number of hydrogen-bond acceptors (Lipinski definition) is 14. The molecule has 3 aliphatic rings. The van der Waals surface area contributed by atoms with Crippen molar-refractivity contribution >= 4 is 39.1 Å². The van der Waals surface area contributed by atoms with Gasteiger partial charge in [-0.3, -0.25) is 19.2 Å². The summed E-state index contributed by atoms with van der Waals surface area (Å²) in [5, 5.41) is 0. The molecule has 0 amide bonds. The first-order valence-electron chi connectivity index (χ1n) is 32.4. The largest absolute Gasteiger partial charge is 0.493 e. The molecule has 17 heteroatoms. The van der Waals surface area contributed by atoms with Crippen molar-refractivity contribution < 1.29 is 38.0 Å². The van der Waals surface area contributed by atoms with Crippen LogP contribution in [0.5, 0.6) is 23.0 Å². The van der Waals surface area contributed by atoms with Crippen molar-refractivity contribution in [2.24, 2.45) is 11.8 Å². The van der Waals surface area contributed by atoms with E-state index in [0.717, 1.165) is 136 Å². The van der Waals surface area contributed by atoms with Gasteiger partial charge in [-0.05, 0) is 155 Å². The monoisotopic (exact) mass is 1350 g/mol. The van der Waals surface area contributed by atoms with E-state index in [-0.39, 0.29) is 46.4 Å². The summed E-state index contributed by atoms with van der Waals surface area (Å²) in [5.41, 5.74) is 25.0. The lowest BCUT2D eigenvalue weighted by atomic mass is 9.96. The van der Waals surface area contributed by atoms with E-state index in [1.165, 1.54) is 18.4 Å². The maximum absolute atomic E-state index is 13.9. The van der Waals surface area contributed by atoms with Crippen molar-refractivity contribution in [3.05, 3.63) is 236 Å². The molecule has 1 saturated carbocycles. The highest BCUT2D eigenvalue weighted by atomic mass is 79.9. The predicted octanol–water partition coefficient (Wildman–Crippen LogP) is 15.0. The number of Topliss-reactive ketones (excluding diaryl/α,β-unsaturated/α-hetero) is 2. The summed E-state index contributed by atoms with van der Waals surface area (Å²) in [6.45, 7) is 4.40. The number of ether oxygens (including phenoxy) is 6.